The first kappa shape index (κ1) is 15.0. The van der Waals surface area contributed by atoms with Gasteiger partial charge in [-0.2, -0.15) is 4.99 Å². The van der Waals surface area contributed by atoms with E-state index in [1.165, 1.54) is 22.9 Å². The number of rotatable bonds is 1. The molecule has 120 valence electrons. The molecule has 2 aromatic carbocycles. The molecule has 2 aliphatic heterocycles. The van der Waals surface area contributed by atoms with Crippen LogP contribution in [-0.2, 0) is 17.8 Å². The summed E-state index contributed by atoms with van der Waals surface area (Å²) in [6, 6.07) is 15.2. The molecule has 4 rings (SSSR count). The van der Waals surface area contributed by atoms with Crippen molar-refractivity contribution in [1.29, 1.82) is 0 Å². The zero-order valence-corrected chi connectivity index (χ0v) is 13.8. The molecule has 0 unspecified atom stereocenters. The average Bonchev–Trinajstić information content (AvgIpc) is 2.97. The van der Waals surface area contributed by atoms with Crippen molar-refractivity contribution in [2.75, 3.05) is 6.54 Å². The van der Waals surface area contributed by atoms with E-state index in [1.54, 1.807) is 24.3 Å². The van der Waals surface area contributed by atoms with Crippen molar-refractivity contribution in [2.45, 2.75) is 13.0 Å². The monoisotopic (exact) mass is 336 g/mol. The van der Waals surface area contributed by atoms with E-state index in [0.717, 1.165) is 30.2 Å². The maximum absolute atomic E-state index is 12.2. The van der Waals surface area contributed by atoms with Crippen molar-refractivity contribution in [1.82, 2.24) is 4.90 Å². The van der Waals surface area contributed by atoms with E-state index in [-0.39, 0.29) is 11.7 Å². The Hall–Kier alpha value is -2.53. The fraction of sp³-hybridized carbons (Fsp3) is 0.158. The Kier molecular flexibility index (Phi) is 3.86. The molecule has 2 heterocycles. The van der Waals surface area contributed by atoms with Gasteiger partial charge in [0, 0.05) is 13.1 Å². The van der Waals surface area contributed by atoms with Gasteiger partial charge in [0.1, 0.15) is 5.75 Å². The number of phenols is 1. The van der Waals surface area contributed by atoms with Gasteiger partial charge in [-0.3, -0.25) is 4.79 Å². The molecule has 5 heteroatoms. The van der Waals surface area contributed by atoms with Crippen LogP contribution in [0.25, 0.3) is 6.08 Å². The van der Waals surface area contributed by atoms with Crippen LogP contribution in [0.5, 0.6) is 5.75 Å². The number of amidine groups is 1. The molecule has 1 amide bonds. The highest BCUT2D eigenvalue weighted by atomic mass is 32.2. The van der Waals surface area contributed by atoms with Gasteiger partial charge in [-0.25, -0.2) is 0 Å². The minimum Gasteiger partial charge on any atom is -0.508 e. The van der Waals surface area contributed by atoms with E-state index >= 15 is 0 Å². The maximum Gasteiger partial charge on any atom is 0.286 e. The van der Waals surface area contributed by atoms with Gasteiger partial charge < -0.3 is 10.0 Å². The Morgan fingerprint density at radius 2 is 1.83 bits per heavy atom. The van der Waals surface area contributed by atoms with Crippen molar-refractivity contribution in [3.8, 4) is 5.75 Å². The van der Waals surface area contributed by atoms with Crippen LogP contribution in [0.4, 0.5) is 0 Å². The molecule has 0 atom stereocenters. The lowest BCUT2D eigenvalue weighted by Crippen LogP contribution is -2.33. The van der Waals surface area contributed by atoms with Gasteiger partial charge in [0.2, 0.25) is 0 Å². The van der Waals surface area contributed by atoms with Gasteiger partial charge in [0.05, 0.1) is 4.91 Å². The molecule has 0 bridgehead atoms. The summed E-state index contributed by atoms with van der Waals surface area (Å²) in [4.78, 5) is 19.2. The van der Waals surface area contributed by atoms with Crippen LogP contribution in [-0.4, -0.2) is 27.6 Å². The molecule has 0 spiro atoms. The molecule has 24 heavy (non-hydrogen) atoms. The molecule has 1 N–H and O–H groups in total. The number of amides is 1. The molecule has 0 saturated carbocycles. The number of hydrogen-bond donors (Lipinski definition) is 1. The van der Waals surface area contributed by atoms with Crippen LogP contribution in [0, 0.1) is 0 Å². The molecular formula is C19H16N2O2S. The summed E-state index contributed by atoms with van der Waals surface area (Å²) in [6.45, 7) is 1.67. The highest BCUT2D eigenvalue weighted by molar-refractivity contribution is 8.18. The largest absolute Gasteiger partial charge is 0.508 e. The summed E-state index contributed by atoms with van der Waals surface area (Å²) >= 11 is 1.42. The Morgan fingerprint density at radius 3 is 2.62 bits per heavy atom. The number of aromatic hydroxyl groups is 1. The maximum atomic E-state index is 12.2. The number of aliphatic imine (C=N–C) groups is 1. The zero-order chi connectivity index (χ0) is 16.5. The van der Waals surface area contributed by atoms with Gasteiger partial charge in [0.25, 0.3) is 5.91 Å². The van der Waals surface area contributed by atoms with Gasteiger partial charge in [-0.15, -0.1) is 0 Å². The van der Waals surface area contributed by atoms with Crippen LogP contribution in [0.2, 0.25) is 0 Å². The van der Waals surface area contributed by atoms with Crippen LogP contribution in [0.15, 0.2) is 58.4 Å². The highest BCUT2D eigenvalue weighted by Crippen LogP contribution is 2.32. The van der Waals surface area contributed by atoms with Crippen molar-refractivity contribution >= 4 is 28.9 Å². The molecule has 0 aliphatic carbocycles. The lowest BCUT2D eigenvalue weighted by atomic mass is 10.0. The summed E-state index contributed by atoms with van der Waals surface area (Å²) in [5, 5.41) is 10.1. The van der Waals surface area contributed by atoms with Crippen molar-refractivity contribution in [3.05, 3.63) is 70.1 Å². The van der Waals surface area contributed by atoms with Gasteiger partial charge in [0.15, 0.2) is 5.17 Å². The molecule has 0 saturated heterocycles. The fourth-order valence-corrected chi connectivity index (χ4v) is 3.85. The number of fused-ring (bicyclic) bond motifs is 1. The number of nitrogens with zero attached hydrogens (tertiary/aromatic N) is 2. The molecule has 2 aliphatic rings. The SMILES string of the molecule is O=C1N=C(N2CCc3ccccc3C2)SC1=Cc1ccc(O)cc1. The predicted octanol–water partition coefficient (Wildman–Crippen LogP) is 3.42. The Bertz CT molecular complexity index is 856. The molecule has 2 aromatic rings. The summed E-state index contributed by atoms with van der Waals surface area (Å²) in [6.07, 6.45) is 2.79. The third kappa shape index (κ3) is 2.95. The van der Waals surface area contributed by atoms with Gasteiger partial charge in [-0.05, 0) is 53.1 Å². The van der Waals surface area contributed by atoms with Crippen LogP contribution in [0.1, 0.15) is 16.7 Å². The first-order chi connectivity index (χ1) is 11.7. The van der Waals surface area contributed by atoms with E-state index in [2.05, 4.69) is 28.1 Å². The smallest absolute Gasteiger partial charge is 0.286 e. The molecule has 4 nitrogen and oxygen atoms in total. The number of carbonyl (C=O) groups excluding carboxylic acids is 1. The number of benzene rings is 2. The van der Waals surface area contributed by atoms with E-state index in [1.807, 2.05) is 12.1 Å². The molecular weight excluding hydrogens is 320 g/mol. The van der Waals surface area contributed by atoms with Crippen LogP contribution >= 0.6 is 11.8 Å². The Morgan fingerprint density at radius 1 is 1.08 bits per heavy atom. The second-order valence-corrected chi connectivity index (χ2v) is 6.85. The number of carbonyl (C=O) groups is 1. The minimum absolute atomic E-state index is 0.193. The highest BCUT2D eigenvalue weighted by Gasteiger charge is 2.28. The zero-order valence-electron chi connectivity index (χ0n) is 13.0. The summed E-state index contributed by atoms with van der Waals surface area (Å²) in [7, 11) is 0. The standard InChI is InChI=1S/C19H16N2O2S/c22-16-7-5-13(6-8-16)11-17-18(23)20-19(24-17)21-10-9-14-3-1-2-4-15(14)12-21/h1-8,11,22H,9-10,12H2. The van der Waals surface area contributed by atoms with Crippen LogP contribution in [0.3, 0.4) is 0 Å². The third-order valence-corrected chi connectivity index (χ3v) is 5.25. The predicted molar refractivity (Wildman–Crippen MR) is 96.7 cm³/mol. The van der Waals surface area contributed by atoms with Gasteiger partial charge >= 0.3 is 0 Å². The topological polar surface area (TPSA) is 52.9 Å². The first-order valence-electron chi connectivity index (χ1n) is 7.82. The third-order valence-electron chi connectivity index (χ3n) is 4.20. The second-order valence-electron chi connectivity index (χ2n) is 5.84. The fourth-order valence-electron chi connectivity index (χ4n) is 2.91. The number of thioether (sulfide) groups is 1. The molecule has 0 fully saturated rings. The normalized spacial score (nSPS) is 18.7. The minimum atomic E-state index is -0.193. The van der Waals surface area contributed by atoms with E-state index in [4.69, 9.17) is 0 Å². The first-order valence-corrected chi connectivity index (χ1v) is 8.64. The molecule has 0 aromatic heterocycles. The number of hydrogen-bond acceptors (Lipinski definition) is 4. The number of phenolic OH excluding ortho intramolecular Hbond substituents is 1. The van der Waals surface area contributed by atoms with Crippen molar-refractivity contribution in [3.63, 3.8) is 0 Å². The summed E-state index contributed by atoms with van der Waals surface area (Å²) in [5.41, 5.74) is 3.56. The quantitative estimate of drug-likeness (QED) is 0.811. The lowest BCUT2D eigenvalue weighted by Gasteiger charge is -2.29. The summed E-state index contributed by atoms with van der Waals surface area (Å²) in [5.74, 6) is 0.0217. The van der Waals surface area contributed by atoms with Crippen molar-refractivity contribution < 1.29 is 9.90 Å². The Balaban J connectivity index is 1.52. The Labute approximate surface area is 144 Å². The van der Waals surface area contributed by atoms with E-state index in [0.29, 0.717) is 4.91 Å². The molecule has 0 radical (unpaired) electrons. The summed E-state index contributed by atoms with van der Waals surface area (Å²) < 4.78 is 0. The average molecular weight is 336 g/mol. The van der Waals surface area contributed by atoms with E-state index in [9.17, 15) is 9.90 Å². The van der Waals surface area contributed by atoms with Gasteiger partial charge in [-0.1, -0.05) is 36.4 Å². The lowest BCUT2D eigenvalue weighted by molar-refractivity contribution is -0.113. The van der Waals surface area contributed by atoms with E-state index < -0.39 is 0 Å². The van der Waals surface area contributed by atoms with Crippen molar-refractivity contribution in [2.24, 2.45) is 4.99 Å². The second kappa shape index (κ2) is 6.17. The van der Waals surface area contributed by atoms with Crippen LogP contribution < -0.4 is 0 Å².